The van der Waals surface area contributed by atoms with Crippen LogP contribution >= 0.6 is 0 Å². The van der Waals surface area contributed by atoms with Gasteiger partial charge >= 0.3 is 0 Å². The van der Waals surface area contributed by atoms with Crippen LogP contribution < -0.4 is 0 Å². The zero-order chi connectivity index (χ0) is 16.4. The first-order chi connectivity index (χ1) is 11.0. The molecule has 0 aliphatic carbocycles. The van der Waals surface area contributed by atoms with Crippen molar-refractivity contribution in [2.75, 3.05) is 6.26 Å². The summed E-state index contributed by atoms with van der Waals surface area (Å²) >= 11 is 0. The van der Waals surface area contributed by atoms with E-state index in [1.54, 1.807) is 30.7 Å². The minimum atomic E-state index is -3.18. The van der Waals surface area contributed by atoms with E-state index in [2.05, 4.69) is 21.5 Å². The molecule has 0 fully saturated rings. The molecule has 23 heavy (non-hydrogen) atoms. The van der Waals surface area contributed by atoms with Crippen molar-refractivity contribution < 1.29 is 8.42 Å². The number of rotatable bonds is 4. The highest BCUT2D eigenvalue weighted by molar-refractivity contribution is 7.90. The van der Waals surface area contributed by atoms with Crippen molar-refractivity contribution in [3.8, 4) is 11.4 Å². The molecule has 2 heterocycles. The Morgan fingerprint density at radius 3 is 2.26 bits per heavy atom. The molecule has 3 rings (SSSR count). The van der Waals surface area contributed by atoms with Crippen LogP contribution in [0, 0.1) is 0 Å². The normalized spacial score (nSPS) is 13.0. The molecule has 0 saturated carbocycles. The first kappa shape index (κ1) is 15.4. The summed E-state index contributed by atoms with van der Waals surface area (Å²) in [4.78, 5) is 8.78. The standard InChI is InChI=1S/C17H17N3O2S/c1-13(14-3-5-16(6-4-14)23(2,21)22)20-12-11-19-17(20)15-7-9-18-10-8-15/h3-13H,1-2H3. The Morgan fingerprint density at radius 1 is 1.00 bits per heavy atom. The van der Waals surface area contributed by atoms with Crippen molar-refractivity contribution in [3.63, 3.8) is 0 Å². The number of benzene rings is 1. The monoisotopic (exact) mass is 327 g/mol. The van der Waals surface area contributed by atoms with Crippen LogP contribution in [0.25, 0.3) is 11.4 Å². The third-order valence-corrected chi connectivity index (χ3v) is 4.94. The summed E-state index contributed by atoms with van der Waals surface area (Å²) in [5.74, 6) is 0.854. The quantitative estimate of drug-likeness (QED) is 0.739. The Labute approximate surface area is 135 Å². The maximum absolute atomic E-state index is 11.6. The number of aromatic nitrogens is 3. The number of hydrogen-bond donors (Lipinski definition) is 0. The van der Waals surface area contributed by atoms with Crippen LogP contribution in [0.2, 0.25) is 0 Å². The summed E-state index contributed by atoms with van der Waals surface area (Å²) in [7, 11) is -3.18. The molecule has 2 aromatic heterocycles. The van der Waals surface area contributed by atoms with Gasteiger partial charge in [-0.2, -0.15) is 0 Å². The van der Waals surface area contributed by atoms with Crippen LogP contribution in [-0.4, -0.2) is 29.2 Å². The largest absolute Gasteiger partial charge is 0.324 e. The van der Waals surface area contributed by atoms with E-state index in [0.717, 1.165) is 17.0 Å². The number of imidazole rings is 1. The Balaban J connectivity index is 1.96. The van der Waals surface area contributed by atoms with Gasteiger partial charge in [0.15, 0.2) is 9.84 Å². The Kier molecular flexibility index (Phi) is 4.00. The molecule has 118 valence electrons. The second-order valence-electron chi connectivity index (χ2n) is 5.41. The smallest absolute Gasteiger partial charge is 0.175 e. The second kappa shape index (κ2) is 5.96. The zero-order valence-corrected chi connectivity index (χ0v) is 13.7. The van der Waals surface area contributed by atoms with Crippen LogP contribution in [-0.2, 0) is 9.84 Å². The summed E-state index contributed by atoms with van der Waals surface area (Å²) in [5.41, 5.74) is 2.01. The lowest BCUT2D eigenvalue weighted by atomic mass is 10.1. The number of hydrogen-bond acceptors (Lipinski definition) is 4. The molecule has 0 radical (unpaired) electrons. The highest BCUT2D eigenvalue weighted by Crippen LogP contribution is 2.25. The van der Waals surface area contributed by atoms with E-state index in [-0.39, 0.29) is 6.04 Å². The molecule has 1 atom stereocenters. The summed E-state index contributed by atoms with van der Waals surface area (Å²) in [5, 5.41) is 0. The van der Waals surface area contributed by atoms with E-state index in [4.69, 9.17) is 0 Å². The SMILES string of the molecule is CC(c1ccc(S(C)(=O)=O)cc1)n1ccnc1-c1ccncc1. The van der Waals surface area contributed by atoms with Gasteiger partial charge in [0.1, 0.15) is 5.82 Å². The molecule has 0 spiro atoms. The van der Waals surface area contributed by atoms with Crippen molar-refractivity contribution in [1.29, 1.82) is 0 Å². The Morgan fingerprint density at radius 2 is 1.65 bits per heavy atom. The fourth-order valence-corrected chi connectivity index (χ4v) is 3.13. The van der Waals surface area contributed by atoms with Gasteiger partial charge in [-0.1, -0.05) is 12.1 Å². The van der Waals surface area contributed by atoms with Crippen LogP contribution in [0.5, 0.6) is 0 Å². The molecule has 5 nitrogen and oxygen atoms in total. The van der Waals surface area contributed by atoms with Crippen LogP contribution in [0.4, 0.5) is 0 Å². The van der Waals surface area contributed by atoms with Gasteiger partial charge in [-0.05, 0) is 36.8 Å². The molecule has 0 saturated heterocycles. The van der Waals surface area contributed by atoms with Crippen molar-refractivity contribution in [2.45, 2.75) is 17.9 Å². The summed E-state index contributed by atoms with van der Waals surface area (Å²) in [6.45, 7) is 2.06. The predicted molar refractivity (Wildman–Crippen MR) is 88.8 cm³/mol. The number of pyridine rings is 1. The lowest BCUT2D eigenvalue weighted by molar-refractivity contribution is 0.601. The molecule has 6 heteroatoms. The maximum Gasteiger partial charge on any atom is 0.175 e. The lowest BCUT2D eigenvalue weighted by Gasteiger charge is -2.17. The molecule has 0 amide bonds. The van der Waals surface area contributed by atoms with Crippen LogP contribution in [0.1, 0.15) is 18.5 Å². The topological polar surface area (TPSA) is 64.8 Å². The van der Waals surface area contributed by atoms with Gasteiger partial charge in [-0.25, -0.2) is 13.4 Å². The van der Waals surface area contributed by atoms with E-state index in [9.17, 15) is 8.42 Å². The molecular weight excluding hydrogens is 310 g/mol. The average Bonchev–Trinajstić information content (AvgIpc) is 3.04. The molecule has 0 N–H and O–H groups in total. The molecule has 0 aliphatic rings. The van der Waals surface area contributed by atoms with Gasteiger partial charge < -0.3 is 4.57 Å². The zero-order valence-electron chi connectivity index (χ0n) is 12.9. The third kappa shape index (κ3) is 3.17. The van der Waals surface area contributed by atoms with Gasteiger partial charge in [0.25, 0.3) is 0 Å². The lowest BCUT2D eigenvalue weighted by Crippen LogP contribution is -2.08. The van der Waals surface area contributed by atoms with Crippen molar-refractivity contribution in [3.05, 3.63) is 66.7 Å². The van der Waals surface area contributed by atoms with Gasteiger partial charge in [0, 0.05) is 36.6 Å². The van der Waals surface area contributed by atoms with Crippen molar-refractivity contribution >= 4 is 9.84 Å². The molecule has 1 aromatic carbocycles. The summed E-state index contributed by atoms with van der Waals surface area (Å²) < 4.78 is 25.2. The fraction of sp³-hybridized carbons (Fsp3) is 0.176. The van der Waals surface area contributed by atoms with E-state index >= 15 is 0 Å². The van der Waals surface area contributed by atoms with Gasteiger partial charge in [-0.3, -0.25) is 4.98 Å². The third-order valence-electron chi connectivity index (χ3n) is 3.82. The molecule has 0 aliphatic heterocycles. The number of sulfone groups is 1. The van der Waals surface area contributed by atoms with E-state index in [1.165, 1.54) is 6.26 Å². The molecule has 1 unspecified atom stereocenters. The Bertz CT molecular complexity index is 901. The maximum atomic E-state index is 11.6. The first-order valence-electron chi connectivity index (χ1n) is 7.20. The molecule has 0 bridgehead atoms. The first-order valence-corrected chi connectivity index (χ1v) is 9.09. The summed E-state index contributed by atoms with van der Waals surface area (Å²) in [6, 6.07) is 10.8. The summed E-state index contributed by atoms with van der Waals surface area (Å²) in [6.07, 6.45) is 8.37. The highest BCUT2D eigenvalue weighted by Gasteiger charge is 2.14. The predicted octanol–water partition coefficient (Wildman–Crippen LogP) is 2.96. The van der Waals surface area contributed by atoms with E-state index < -0.39 is 9.84 Å². The fourth-order valence-electron chi connectivity index (χ4n) is 2.50. The van der Waals surface area contributed by atoms with Crippen molar-refractivity contribution in [1.82, 2.24) is 14.5 Å². The van der Waals surface area contributed by atoms with E-state index in [0.29, 0.717) is 4.90 Å². The molecular formula is C17H17N3O2S. The minimum absolute atomic E-state index is 0.0364. The average molecular weight is 327 g/mol. The van der Waals surface area contributed by atoms with Gasteiger partial charge in [-0.15, -0.1) is 0 Å². The second-order valence-corrected chi connectivity index (χ2v) is 7.43. The highest BCUT2D eigenvalue weighted by atomic mass is 32.2. The Hall–Kier alpha value is -2.47. The van der Waals surface area contributed by atoms with Gasteiger partial charge in [0.05, 0.1) is 10.9 Å². The van der Waals surface area contributed by atoms with Gasteiger partial charge in [0.2, 0.25) is 0 Å². The van der Waals surface area contributed by atoms with Crippen LogP contribution in [0.3, 0.4) is 0 Å². The van der Waals surface area contributed by atoms with E-state index in [1.807, 2.05) is 30.5 Å². The van der Waals surface area contributed by atoms with Crippen molar-refractivity contribution in [2.24, 2.45) is 0 Å². The number of nitrogens with zero attached hydrogens (tertiary/aromatic N) is 3. The minimum Gasteiger partial charge on any atom is -0.324 e. The molecule has 3 aromatic rings. The van der Waals surface area contributed by atoms with Crippen LogP contribution in [0.15, 0.2) is 66.1 Å².